The van der Waals surface area contributed by atoms with Crippen molar-refractivity contribution in [2.24, 2.45) is 0 Å². The number of rotatable bonds is 3. The second-order valence-electron chi connectivity index (χ2n) is 13.8. The van der Waals surface area contributed by atoms with Gasteiger partial charge in [0, 0.05) is 23.0 Å². The Morgan fingerprint density at radius 1 is 1.09 bits per heavy atom. The molecule has 0 aromatic carbocycles. The molecule has 7 heterocycles. The summed E-state index contributed by atoms with van der Waals surface area (Å²) in [6, 6.07) is 3.18. The molecule has 234 valence electrons. The van der Waals surface area contributed by atoms with Crippen molar-refractivity contribution in [2.45, 2.75) is 101 Å². The van der Waals surface area contributed by atoms with E-state index in [2.05, 4.69) is 34.5 Å². The number of nitrogens with two attached hydrogens (primary N) is 1. The highest BCUT2D eigenvalue weighted by molar-refractivity contribution is 7.16. The van der Waals surface area contributed by atoms with Crippen LogP contribution in [0, 0.1) is 11.3 Å². The van der Waals surface area contributed by atoms with Crippen LogP contribution in [0.1, 0.15) is 98.1 Å². The molecule has 2 N–H and O–H groups in total. The number of hydrogen-bond acceptors (Lipinski definition) is 11. The third kappa shape index (κ3) is 3.89. The maximum atomic E-state index is 10.1. The van der Waals surface area contributed by atoms with E-state index in [0.29, 0.717) is 34.9 Å². The van der Waals surface area contributed by atoms with E-state index >= 15 is 0 Å². The van der Waals surface area contributed by atoms with Gasteiger partial charge in [0.25, 0.3) is 0 Å². The van der Waals surface area contributed by atoms with Gasteiger partial charge in [0.1, 0.15) is 28.9 Å². The molecule has 0 bridgehead atoms. The van der Waals surface area contributed by atoms with E-state index in [1.165, 1.54) is 17.7 Å². The number of thiophene rings is 1. The van der Waals surface area contributed by atoms with Gasteiger partial charge in [-0.2, -0.15) is 5.26 Å². The molecule has 9 rings (SSSR count). The third-order valence-electron chi connectivity index (χ3n) is 11.4. The lowest BCUT2D eigenvalue weighted by molar-refractivity contribution is 0.222. The van der Waals surface area contributed by atoms with Crippen molar-refractivity contribution in [1.82, 2.24) is 29.8 Å². The van der Waals surface area contributed by atoms with Crippen molar-refractivity contribution in [3.8, 4) is 23.5 Å². The summed E-state index contributed by atoms with van der Waals surface area (Å²) in [6.07, 6.45) is 11.4. The molecule has 2 fully saturated rings. The molecule has 4 atom stereocenters. The zero-order valence-corrected chi connectivity index (χ0v) is 26.8. The molecule has 1 spiro atoms. The van der Waals surface area contributed by atoms with Gasteiger partial charge in [-0.15, -0.1) is 16.4 Å². The van der Waals surface area contributed by atoms with Crippen LogP contribution >= 0.6 is 11.3 Å². The summed E-state index contributed by atoms with van der Waals surface area (Å²) in [5.41, 5.74) is 10.3. The first-order chi connectivity index (χ1) is 22.0. The number of nitrogen functional groups attached to an aromatic ring is 1. The van der Waals surface area contributed by atoms with Gasteiger partial charge in [0.2, 0.25) is 5.88 Å². The van der Waals surface area contributed by atoms with E-state index in [0.717, 1.165) is 110 Å². The Morgan fingerprint density at radius 3 is 2.78 bits per heavy atom. The van der Waals surface area contributed by atoms with Crippen molar-refractivity contribution in [1.29, 1.82) is 5.26 Å². The molecular weight excluding hydrogens is 586 g/mol. The van der Waals surface area contributed by atoms with E-state index in [1.807, 2.05) is 0 Å². The van der Waals surface area contributed by atoms with Crippen LogP contribution in [0.2, 0.25) is 0 Å². The summed E-state index contributed by atoms with van der Waals surface area (Å²) in [4.78, 5) is 16.7. The minimum Gasteiger partial charge on any atom is -0.474 e. The zero-order chi connectivity index (χ0) is 30.4. The largest absolute Gasteiger partial charge is 0.474 e. The molecule has 12 heteroatoms. The van der Waals surface area contributed by atoms with Gasteiger partial charge in [-0.05, 0) is 96.7 Å². The Balaban J connectivity index is 1.24. The van der Waals surface area contributed by atoms with Crippen molar-refractivity contribution in [2.75, 3.05) is 37.4 Å². The first kappa shape index (κ1) is 27.6. The zero-order valence-electron chi connectivity index (χ0n) is 26.0. The summed E-state index contributed by atoms with van der Waals surface area (Å²) in [5, 5.41) is 21.5. The lowest BCUT2D eigenvalue weighted by Gasteiger charge is -2.39. The molecular formula is C33H39N9O2S. The monoisotopic (exact) mass is 625 g/mol. The smallest absolute Gasteiger partial charge is 0.246 e. The van der Waals surface area contributed by atoms with Crippen molar-refractivity contribution >= 4 is 33.2 Å². The summed E-state index contributed by atoms with van der Waals surface area (Å²) in [6.45, 7) is 4.88. The van der Waals surface area contributed by atoms with Crippen molar-refractivity contribution in [3.05, 3.63) is 27.3 Å². The molecule has 4 aromatic rings. The highest BCUT2D eigenvalue weighted by Crippen LogP contribution is 2.55. The van der Waals surface area contributed by atoms with Crippen molar-refractivity contribution in [3.63, 3.8) is 0 Å². The van der Waals surface area contributed by atoms with E-state index in [-0.39, 0.29) is 17.5 Å². The summed E-state index contributed by atoms with van der Waals surface area (Å²) >= 11 is 1.57. The highest BCUT2D eigenvalue weighted by Gasteiger charge is 2.49. The van der Waals surface area contributed by atoms with Gasteiger partial charge in [0.05, 0.1) is 23.1 Å². The standard InChI is InChI=1S/C33H39N9O2S/c1-18(22-10-7-14-40(22)2)42-31-24-30(41-15-4-3-8-19(41)17-43-32(24)38-42)36-29(37-31)26-20-9-5-12-33(27(20)44-39-26)13-6-11-23-25(33)21(16-34)28(35)45-23/h18-19,22H,3-15,17,35H2,1-2H3/t18-,19+,22-,33-/m0/s1. The Labute approximate surface area is 266 Å². The molecule has 2 saturated heterocycles. The highest BCUT2D eigenvalue weighted by atomic mass is 32.1. The van der Waals surface area contributed by atoms with E-state index in [1.54, 1.807) is 11.3 Å². The normalized spacial score (nSPS) is 26.6. The molecule has 45 heavy (non-hydrogen) atoms. The number of anilines is 2. The second-order valence-corrected chi connectivity index (χ2v) is 14.9. The number of likely N-dealkylation sites (tertiary alicyclic amines) is 1. The Bertz CT molecular complexity index is 1870. The SMILES string of the molecule is C[C@@H]([C@@H]1CCCN1C)n1nc2c3c(nc(-c4noc5c4CCC[C@@]54CCCc5sc(N)c(C#N)c54)nc31)N1CCCC[C@@H]1CO2. The van der Waals surface area contributed by atoms with Gasteiger partial charge < -0.3 is 24.8 Å². The van der Waals surface area contributed by atoms with Crippen LogP contribution in [-0.4, -0.2) is 68.6 Å². The molecule has 11 nitrogen and oxygen atoms in total. The average molecular weight is 626 g/mol. The van der Waals surface area contributed by atoms with E-state index in [9.17, 15) is 5.26 Å². The van der Waals surface area contributed by atoms with Crippen LogP contribution in [0.3, 0.4) is 0 Å². The molecule has 0 radical (unpaired) electrons. The van der Waals surface area contributed by atoms with E-state index in [4.69, 9.17) is 35.2 Å². The van der Waals surface area contributed by atoms with Crippen LogP contribution in [-0.2, 0) is 18.3 Å². The maximum absolute atomic E-state index is 10.1. The number of hydrogen-bond donors (Lipinski definition) is 1. The van der Waals surface area contributed by atoms with Gasteiger partial charge in [-0.1, -0.05) is 5.16 Å². The second kappa shape index (κ2) is 10.2. The predicted octanol–water partition coefficient (Wildman–Crippen LogP) is 5.36. The molecule has 2 aliphatic carbocycles. The van der Waals surface area contributed by atoms with Crippen LogP contribution in [0.25, 0.3) is 22.6 Å². The summed E-state index contributed by atoms with van der Waals surface area (Å²) in [7, 11) is 2.21. The van der Waals surface area contributed by atoms with Crippen LogP contribution in [0.4, 0.5) is 10.8 Å². The Hall–Kier alpha value is -3.69. The maximum Gasteiger partial charge on any atom is 0.246 e. The molecule has 3 aliphatic heterocycles. The Kier molecular flexibility index (Phi) is 6.23. The lowest BCUT2D eigenvalue weighted by Crippen LogP contribution is -2.43. The van der Waals surface area contributed by atoms with Crippen LogP contribution < -0.4 is 15.4 Å². The summed E-state index contributed by atoms with van der Waals surface area (Å²) < 4.78 is 14.9. The fourth-order valence-electron chi connectivity index (χ4n) is 9.24. The molecule has 5 aliphatic rings. The minimum atomic E-state index is -0.385. The first-order valence-corrected chi connectivity index (χ1v) is 17.5. The number of ether oxygens (including phenoxy) is 1. The van der Waals surface area contributed by atoms with E-state index < -0.39 is 0 Å². The molecule has 4 aromatic heterocycles. The van der Waals surface area contributed by atoms with Crippen molar-refractivity contribution < 1.29 is 9.26 Å². The minimum absolute atomic E-state index is 0.119. The predicted molar refractivity (Wildman–Crippen MR) is 172 cm³/mol. The van der Waals surface area contributed by atoms with Gasteiger partial charge in [0.15, 0.2) is 22.9 Å². The number of aromatic nitrogens is 5. The lowest BCUT2D eigenvalue weighted by atomic mass is 9.63. The summed E-state index contributed by atoms with van der Waals surface area (Å²) in [5.74, 6) is 3.02. The number of fused-ring (bicyclic) bond motifs is 6. The van der Waals surface area contributed by atoms with Gasteiger partial charge >= 0.3 is 0 Å². The fourth-order valence-corrected chi connectivity index (χ4v) is 10.4. The van der Waals surface area contributed by atoms with Gasteiger partial charge in [-0.25, -0.2) is 14.6 Å². The molecule has 0 amide bonds. The van der Waals surface area contributed by atoms with Crippen LogP contribution in [0.15, 0.2) is 4.52 Å². The number of piperidine rings is 1. The number of nitrogens with zero attached hydrogens (tertiary/aromatic N) is 8. The van der Waals surface area contributed by atoms with Gasteiger partial charge in [-0.3, -0.25) is 0 Å². The quantitative estimate of drug-likeness (QED) is 0.317. The average Bonchev–Trinajstić information content (AvgIpc) is 3.82. The van der Waals surface area contributed by atoms with Crippen LogP contribution in [0.5, 0.6) is 5.88 Å². The number of aryl methyl sites for hydroxylation is 1. The number of likely N-dealkylation sites (N-methyl/N-ethyl adjacent to an activating group) is 1. The third-order valence-corrected chi connectivity index (χ3v) is 12.5. The topological polar surface area (TPSA) is 135 Å². The Morgan fingerprint density at radius 2 is 1.96 bits per heavy atom. The fraction of sp³-hybridized carbons (Fsp3) is 0.606. The number of nitriles is 1. The molecule has 0 unspecified atom stereocenters. The molecule has 0 saturated carbocycles. The first-order valence-electron chi connectivity index (χ1n) is 16.7.